The second kappa shape index (κ2) is 7.50. The Bertz CT molecular complexity index is 861. The molecule has 0 nitrogen and oxygen atoms in total. The van der Waals surface area contributed by atoms with Gasteiger partial charge in [-0.25, -0.2) is 13.2 Å². The van der Waals surface area contributed by atoms with Crippen molar-refractivity contribution in [3.63, 3.8) is 0 Å². The summed E-state index contributed by atoms with van der Waals surface area (Å²) in [5, 5.41) is -0.0517. The van der Waals surface area contributed by atoms with E-state index in [1.165, 1.54) is 37.5 Å². The first-order chi connectivity index (χ1) is 13.0. The Balaban J connectivity index is 1.72. The van der Waals surface area contributed by atoms with Gasteiger partial charge in [0, 0.05) is 0 Å². The molecule has 2 aromatic rings. The highest BCUT2D eigenvalue weighted by molar-refractivity contribution is 6.30. The first-order valence-corrected chi connectivity index (χ1v) is 10.3. The second-order valence-electron chi connectivity index (χ2n) is 8.12. The fraction of sp³-hybridized carbons (Fsp3) is 0.478. The summed E-state index contributed by atoms with van der Waals surface area (Å²) in [4.78, 5) is 0. The van der Waals surface area contributed by atoms with Crippen LogP contribution in [0.3, 0.4) is 0 Å². The minimum atomic E-state index is -0.667. The zero-order valence-electron chi connectivity index (χ0n) is 15.5. The van der Waals surface area contributed by atoms with Crippen LogP contribution in [0.4, 0.5) is 13.2 Å². The Kier molecular flexibility index (Phi) is 5.24. The number of halogens is 4. The van der Waals surface area contributed by atoms with Gasteiger partial charge in [0.2, 0.25) is 0 Å². The van der Waals surface area contributed by atoms with Crippen LogP contribution in [-0.2, 0) is 6.42 Å². The van der Waals surface area contributed by atoms with Gasteiger partial charge in [-0.1, -0.05) is 37.4 Å². The van der Waals surface area contributed by atoms with E-state index in [0.29, 0.717) is 17.9 Å². The molecule has 0 aliphatic heterocycles. The van der Waals surface area contributed by atoms with E-state index in [0.717, 1.165) is 36.8 Å². The summed E-state index contributed by atoms with van der Waals surface area (Å²) in [7, 11) is 0. The molecule has 2 aromatic carbocycles. The molecule has 0 spiro atoms. The molecule has 4 rings (SSSR count). The Labute approximate surface area is 163 Å². The number of fused-ring (bicyclic) bond motifs is 3. The van der Waals surface area contributed by atoms with Crippen molar-refractivity contribution < 1.29 is 13.2 Å². The van der Waals surface area contributed by atoms with E-state index >= 15 is 4.39 Å². The van der Waals surface area contributed by atoms with Crippen molar-refractivity contribution in [2.24, 2.45) is 11.8 Å². The van der Waals surface area contributed by atoms with E-state index in [4.69, 9.17) is 11.6 Å². The third kappa shape index (κ3) is 3.40. The van der Waals surface area contributed by atoms with Gasteiger partial charge in [-0.2, -0.15) is 0 Å². The van der Waals surface area contributed by atoms with Crippen LogP contribution in [0, 0.1) is 29.3 Å². The van der Waals surface area contributed by atoms with Crippen LogP contribution in [-0.4, -0.2) is 0 Å². The highest BCUT2D eigenvalue weighted by atomic mass is 35.5. The molecular formula is C23H24ClF3. The number of rotatable bonds is 3. The van der Waals surface area contributed by atoms with Crippen molar-refractivity contribution in [1.29, 1.82) is 0 Å². The Morgan fingerprint density at radius 1 is 1.04 bits per heavy atom. The van der Waals surface area contributed by atoms with Crippen LogP contribution in [0.25, 0.3) is 11.1 Å². The molecule has 1 fully saturated rings. The Morgan fingerprint density at radius 3 is 2.59 bits per heavy atom. The molecule has 2 aliphatic carbocycles. The lowest BCUT2D eigenvalue weighted by molar-refractivity contribution is 0.199. The summed E-state index contributed by atoms with van der Waals surface area (Å²) in [6.45, 7) is 2.22. The van der Waals surface area contributed by atoms with Gasteiger partial charge in [0.1, 0.15) is 17.5 Å². The van der Waals surface area contributed by atoms with Crippen molar-refractivity contribution in [2.75, 3.05) is 0 Å². The quantitative estimate of drug-likeness (QED) is 0.502. The number of hydrogen-bond acceptors (Lipinski definition) is 0. The third-order valence-electron chi connectivity index (χ3n) is 6.51. The summed E-state index contributed by atoms with van der Waals surface area (Å²) >= 11 is 5.71. The van der Waals surface area contributed by atoms with Crippen LogP contribution >= 0.6 is 11.6 Å². The van der Waals surface area contributed by atoms with Gasteiger partial charge in [-0.05, 0) is 84.7 Å². The van der Waals surface area contributed by atoms with Crippen molar-refractivity contribution in [3.05, 3.63) is 57.9 Å². The van der Waals surface area contributed by atoms with Crippen molar-refractivity contribution in [3.8, 4) is 11.1 Å². The molecule has 3 unspecified atom stereocenters. The normalized spacial score (nSPS) is 24.4. The first kappa shape index (κ1) is 18.9. The topological polar surface area (TPSA) is 0 Å². The van der Waals surface area contributed by atoms with Crippen molar-refractivity contribution in [2.45, 2.75) is 57.8 Å². The minimum absolute atomic E-state index is 0.0517. The molecule has 144 valence electrons. The van der Waals surface area contributed by atoms with Gasteiger partial charge >= 0.3 is 0 Å². The molecular weight excluding hydrogens is 369 g/mol. The lowest BCUT2D eigenvalue weighted by Crippen LogP contribution is -2.29. The molecule has 0 radical (unpaired) electrons. The first-order valence-electron chi connectivity index (χ1n) is 9.95. The van der Waals surface area contributed by atoms with Gasteiger partial charge in [0.25, 0.3) is 0 Å². The average Bonchev–Trinajstić information content (AvgIpc) is 2.64. The molecule has 0 bridgehead atoms. The summed E-state index contributed by atoms with van der Waals surface area (Å²) < 4.78 is 44.0. The van der Waals surface area contributed by atoms with E-state index in [9.17, 15) is 8.78 Å². The van der Waals surface area contributed by atoms with Gasteiger partial charge in [-0.3, -0.25) is 0 Å². The molecule has 2 aliphatic rings. The lowest BCUT2D eigenvalue weighted by Gasteiger charge is -2.41. The molecule has 0 amide bonds. The van der Waals surface area contributed by atoms with Crippen LogP contribution < -0.4 is 0 Å². The third-order valence-corrected chi connectivity index (χ3v) is 6.82. The van der Waals surface area contributed by atoms with E-state index in [-0.39, 0.29) is 22.1 Å². The van der Waals surface area contributed by atoms with E-state index in [2.05, 4.69) is 6.92 Å². The highest BCUT2D eigenvalue weighted by Crippen LogP contribution is 2.49. The van der Waals surface area contributed by atoms with E-state index in [1.807, 2.05) is 0 Å². The van der Waals surface area contributed by atoms with Crippen LogP contribution in [0.1, 0.15) is 62.5 Å². The predicted octanol–water partition coefficient (Wildman–Crippen LogP) is 7.67. The molecule has 0 aromatic heterocycles. The van der Waals surface area contributed by atoms with Gasteiger partial charge in [0.05, 0.1) is 10.6 Å². The van der Waals surface area contributed by atoms with Gasteiger partial charge < -0.3 is 0 Å². The zero-order chi connectivity index (χ0) is 19.1. The lowest BCUT2D eigenvalue weighted by atomic mass is 9.64. The number of hydrogen-bond donors (Lipinski definition) is 0. The Morgan fingerprint density at radius 2 is 1.85 bits per heavy atom. The molecule has 0 N–H and O–H groups in total. The fourth-order valence-corrected chi connectivity index (χ4v) is 5.39. The van der Waals surface area contributed by atoms with E-state index in [1.54, 1.807) is 0 Å². The van der Waals surface area contributed by atoms with Gasteiger partial charge in [0.15, 0.2) is 0 Å². The monoisotopic (exact) mass is 392 g/mol. The molecule has 3 atom stereocenters. The van der Waals surface area contributed by atoms with Gasteiger partial charge in [-0.15, -0.1) is 0 Å². The van der Waals surface area contributed by atoms with E-state index < -0.39 is 17.5 Å². The molecule has 0 saturated heterocycles. The fourth-order valence-electron chi connectivity index (χ4n) is 5.27. The molecule has 27 heavy (non-hydrogen) atoms. The smallest absolute Gasteiger partial charge is 0.142 e. The maximum absolute atomic E-state index is 15.3. The molecule has 4 heteroatoms. The minimum Gasteiger partial charge on any atom is -0.206 e. The van der Waals surface area contributed by atoms with Crippen LogP contribution in [0.5, 0.6) is 0 Å². The zero-order valence-corrected chi connectivity index (χ0v) is 16.3. The predicted molar refractivity (Wildman–Crippen MR) is 104 cm³/mol. The highest BCUT2D eigenvalue weighted by Gasteiger charge is 2.37. The van der Waals surface area contributed by atoms with Crippen LogP contribution in [0.2, 0.25) is 5.02 Å². The molecule has 0 heterocycles. The second-order valence-corrected chi connectivity index (χ2v) is 8.52. The largest absolute Gasteiger partial charge is 0.206 e. The summed E-state index contributed by atoms with van der Waals surface area (Å²) in [6.07, 6.45) is 7.35. The molecule has 1 saturated carbocycles. The van der Waals surface area contributed by atoms with Crippen molar-refractivity contribution >= 4 is 11.6 Å². The average molecular weight is 393 g/mol. The van der Waals surface area contributed by atoms with Crippen LogP contribution in [0.15, 0.2) is 24.3 Å². The maximum Gasteiger partial charge on any atom is 0.142 e. The Hall–Kier alpha value is -1.48. The number of benzene rings is 2. The summed E-state index contributed by atoms with van der Waals surface area (Å²) in [5.41, 5.74) is 1.53. The standard InChI is InChI=1S/C23H24ClF3/c1-2-3-13-4-7-16-14(10-13)5-8-17-18(16)12-21(26)22(23(17)27)15-6-9-19(24)20(25)11-15/h6,9,11-14,16H,2-5,7-8,10H2,1H3. The maximum atomic E-state index is 15.3. The van der Waals surface area contributed by atoms with Crippen molar-refractivity contribution in [1.82, 2.24) is 0 Å². The summed E-state index contributed by atoms with van der Waals surface area (Å²) in [6, 6.07) is 5.44. The SMILES string of the molecule is CCCC1CCC2c3cc(F)c(-c4ccc(Cl)c(F)c4)c(F)c3CCC2C1. The summed E-state index contributed by atoms with van der Waals surface area (Å²) in [5.74, 6) is -0.267.